The molecule has 0 unspecified atom stereocenters. The zero-order valence-corrected chi connectivity index (χ0v) is 15.3. The average molecular weight is 386 g/mol. The number of phenols is 3. The molecule has 3 aromatic rings. The quantitative estimate of drug-likeness (QED) is 0.461. The van der Waals surface area contributed by atoms with Crippen molar-refractivity contribution in [3.63, 3.8) is 0 Å². The van der Waals surface area contributed by atoms with E-state index in [1.165, 1.54) is 24.3 Å². The third-order valence-corrected chi connectivity index (χ3v) is 3.75. The minimum absolute atomic E-state index is 0.000818. The molecule has 0 bridgehead atoms. The molecular formula is C20H18O8. The van der Waals surface area contributed by atoms with Crippen LogP contribution in [0.15, 0.2) is 39.5 Å². The third-order valence-electron chi connectivity index (χ3n) is 3.75. The van der Waals surface area contributed by atoms with Crippen molar-refractivity contribution in [2.45, 2.75) is 26.9 Å². The summed E-state index contributed by atoms with van der Waals surface area (Å²) in [4.78, 5) is 24.7. The van der Waals surface area contributed by atoms with E-state index < -0.39 is 22.9 Å². The van der Waals surface area contributed by atoms with Gasteiger partial charge in [0.25, 0.3) is 0 Å². The van der Waals surface area contributed by atoms with Crippen LogP contribution in [-0.2, 0) is 4.79 Å². The number of aromatic hydroxyl groups is 3. The lowest BCUT2D eigenvalue weighted by atomic mass is 10.1. The first-order valence-electron chi connectivity index (χ1n) is 8.38. The van der Waals surface area contributed by atoms with Crippen LogP contribution in [0.25, 0.3) is 22.3 Å². The summed E-state index contributed by atoms with van der Waals surface area (Å²) in [5, 5.41) is 29.2. The molecule has 0 fully saturated rings. The van der Waals surface area contributed by atoms with Crippen LogP contribution < -0.4 is 14.9 Å². The molecule has 28 heavy (non-hydrogen) atoms. The van der Waals surface area contributed by atoms with Gasteiger partial charge in [0.05, 0.1) is 6.10 Å². The molecule has 0 aliphatic rings. The number of fused-ring (bicyclic) bond motifs is 1. The Morgan fingerprint density at radius 2 is 1.79 bits per heavy atom. The van der Waals surface area contributed by atoms with Gasteiger partial charge in [-0.05, 0) is 32.0 Å². The largest absolute Gasteiger partial charge is 0.508 e. The Kier molecular flexibility index (Phi) is 4.87. The van der Waals surface area contributed by atoms with Crippen LogP contribution in [0.2, 0.25) is 0 Å². The van der Waals surface area contributed by atoms with E-state index in [2.05, 4.69) is 0 Å². The highest BCUT2D eigenvalue weighted by atomic mass is 16.5. The number of carbonyl (C=O) groups is 1. The molecule has 3 rings (SSSR count). The molecule has 0 aliphatic heterocycles. The molecule has 3 N–H and O–H groups in total. The lowest BCUT2D eigenvalue weighted by Gasteiger charge is -2.15. The summed E-state index contributed by atoms with van der Waals surface area (Å²) in [6, 6.07) is 6.22. The van der Waals surface area contributed by atoms with E-state index in [1.807, 2.05) is 0 Å². The van der Waals surface area contributed by atoms with Gasteiger partial charge in [0.1, 0.15) is 22.5 Å². The first-order valence-corrected chi connectivity index (χ1v) is 8.38. The van der Waals surface area contributed by atoms with Crippen molar-refractivity contribution in [3.8, 4) is 40.1 Å². The highest BCUT2D eigenvalue weighted by Crippen LogP contribution is 2.38. The van der Waals surface area contributed by atoms with Crippen molar-refractivity contribution in [1.29, 1.82) is 0 Å². The Labute approximate surface area is 159 Å². The predicted octanol–water partition coefficient (Wildman–Crippen LogP) is 3.29. The minimum Gasteiger partial charge on any atom is -0.508 e. The molecule has 0 radical (unpaired) electrons. The summed E-state index contributed by atoms with van der Waals surface area (Å²) in [6.07, 6.45) is -0.296. The van der Waals surface area contributed by atoms with Crippen molar-refractivity contribution in [1.82, 2.24) is 0 Å². The summed E-state index contributed by atoms with van der Waals surface area (Å²) in [5.74, 6) is -2.23. The van der Waals surface area contributed by atoms with Crippen molar-refractivity contribution in [2.24, 2.45) is 0 Å². The van der Waals surface area contributed by atoms with E-state index in [0.717, 1.165) is 13.0 Å². The fourth-order valence-electron chi connectivity index (χ4n) is 2.69. The molecule has 0 aliphatic carbocycles. The summed E-state index contributed by atoms with van der Waals surface area (Å²) in [5.41, 5.74) is -0.506. The van der Waals surface area contributed by atoms with Crippen LogP contribution in [0.3, 0.4) is 0 Å². The second kappa shape index (κ2) is 7.15. The molecule has 2 aromatic carbocycles. The monoisotopic (exact) mass is 386 g/mol. The number of benzene rings is 2. The zero-order valence-electron chi connectivity index (χ0n) is 15.3. The topological polar surface area (TPSA) is 126 Å². The molecule has 0 spiro atoms. The van der Waals surface area contributed by atoms with Gasteiger partial charge in [0, 0.05) is 24.6 Å². The van der Waals surface area contributed by atoms with Gasteiger partial charge >= 0.3 is 5.97 Å². The fourth-order valence-corrected chi connectivity index (χ4v) is 2.69. The number of ether oxygens (including phenoxy) is 2. The van der Waals surface area contributed by atoms with Crippen LogP contribution in [0.4, 0.5) is 0 Å². The van der Waals surface area contributed by atoms with Gasteiger partial charge in [-0.15, -0.1) is 0 Å². The van der Waals surface area contributed by atoms with Gasteiger partial charge in [0.2, 0.25) is 11.2 Å². The highest BCUT2D eigenvalue weighted by Gasteiger charge is 2.23. The minimum atomic E-state index is -0.749. The van der Waals surface area contributed by atoms with Crippen LogP contribution in [-0.4, -0.2) is 27.4 Å². The van der Waals surface area contributed by atoms with Gasteiger partial charge in [0.15, 0.2) is 17.3 Å². The van der Waals surface area contributed by atoms with Crippen molar-refractivity contribution in [2.75, 3.05) is 0 Å². The Morgan fingerprint density at radius 3 is 2.39 bits per heavy atom. The van der Waals surface area contributed by atoms with Crippen LogP contribution in [0, 0.1) is 0 Å². The predicted molar refractivity (Wildman–Crippen MR) is 100.0 cm³/mol. The summed E-state index contributed by atoms with van der Waals surface area (Å²) >= 11 is 0. The average Bonchev–Trinajstić information content (AvgIpc) is 2.58. The molecule has 1 aromatic heterocycles. The molecule has 8 nitrogen and oxygen atoms in total. The molecule has 0 atom stereocenters. The van der Waals surface area contributed by atoms with E-state index in [9.17, 15) is 24.9 Å². The van der Waals surface area contributed by atoms with Crippen molar-refractivity contribution < 1.29 is 34.0 Å². The third kappa shape index (κ3) is 3.57. The second-order valence-electron chi connectivity index (χ2n) is 6.37. The maximum Gasteiger partial charge on any atom is 0.308 e. The molecule has 1 heterocycles. The fraction of sp³-hybridized carbons (Fsp3) is 0.200. The van der Waals surface area contributed by atoms with Gasteiger partial charge in [-0.2, -0.15) is 0 Å². The first kappa shape index (κ1) is 19.1. The van der Waals surface area contributed by atoms with E-state index in [1.54, 1.807) is 13.8 Å². The van der Waals surface area contributed by atoms with E-state index in [4.69, 9.17) is 13.9 Å². The number of carbonyl (C=O) groups excluding carboxylic acids is 1. The highest BCUT2D eigenvalue weighted by molar-refractivity contribution is 5.89. The number of phenolic OH excluding ortho intramolecular Hbond substituents is 3. The first-order chi connectivity index (χ1) is 13.2. The summed E-state index contributed by atoms with van der Waals surface area (Å²) < 4.78 is 16.4. The molecule has 8 heteroatoms. The molecule has 146 valence electrons. The van der Waals surface area contributed by atoms with Crippen molar-refractivity contribution >= 4 is 16.9 Å². The molecular weight excluding hydrogens is 368 g/mol. The van der Waals surface area contributed by atoms with Crippen LogP contribution in [0.1, 0.15) is 20.8 Å². The van der Waals surface area contributed by atoms with Gasteiger partial charge in [-0.25, -0.2) is 0 Å². The Morgan fingerprint density at radius 1 is 1.07 bits per heavy atom. The zero-order chi connectivity index (χ0) is 20.6. The standard InChI is InChI=1S/C20H18O8/c1-9(2)26-15-7-12(22)8-16-17(15)18(25)20(27-10(3)21)19(28-16)11-4-5-13(23)14(24)6-11/h4-9,22-24H,1-3H3. The maximum absolute atomic E-state index is 13.1. The van der Waals surface area contributed by atoms with Gasteiger partial charge in [-0.1, -0.05) is 0 Å². The molecule has 0 saturated heterocycles. The second-order valence-corrected chi connectivity index (χ2v) is 6.37. The van der Waals surface area contributed by atoms with E-state index in [0.29, 0.717) is 0 Å². The van der Waals surface area contributed by atoms with Crippen LogP contribution >= 0.6 is 0 Å². The Bertz CT molecular complexity index is 1130. The van der Waals surface area contributed by atoms with Crippen LogP contribution in [0.5, 0.6) is 28.7 Å². The van der Waals surface area contributed by atoms with E-state index in [-0.39, 0.29) is 45.6 Å². The van der Waals surface area contributed by atoms with Gasteiger partial charge in [-0.3, -0.25) is 9.59 Å². The normalized spacial score (nSPS) is 11.0. The SMILES string of the molecule is CC(=O)Oc1c(-c2ccc(O)c(O)c2)oc2cc(O)cc(OC(C)C)c2c1=O. The Hall–Kier alpha value is -3.68. The lowest BCUT2D eigenvalue weighted by molar-refractivity contribution is -0.132. The number of rotatable bonds is 4. The van der Waals surface area contributed by atoms with Crippen molar-refractivity contribution in [3.05, 3.63) is 40.6 Å². The molecule has 0 saturated carbocycles. The number of hydrogen-bond acceptors (Lipinski definition) is 8. The number of hydrogen-bond donors (Lipinski definition) is 3. The summed E-state index contributed by atoms with van der Waals surface area (Å²) in [6.45, 7) is 4.63. The number of esters is 1. The van der Waals surface area contributed by atoms with Gasteiger partial charge < -0.3 is 29.2 Å². The summed E-state index contributed by atoms with van der Waals surface area (Å²) in [7, 11) is 0. The maximum atomic E-state index is 13.1. The van der Waals surface area contributed by atoms with E-state index >= 15 is 0 Å². The smallest absolute Gasteiger partial charge is 0.308 e. The molecule has 0 amide bonds. The lowest BCUT2D eigenvalue weighted by Crippen LogP contribution is -2.15. The Balaban J connectivity index is 2.39.